The number of amides is 4. The van der Waals surface area contributed by atoms with Gasteiger partial charge in [-0.25, -0.2) is 29.9 Å². The maximum absolute atomic E-state index is 14.7. The molecule has 0 bridgehead atoms. The second-order valence-corrected chi connectivity index (χ2v) is 23.9. The zero-order valence-corrected chi connectivity index (χ0v) is 51.5. The van der Waals surface area contributed by atoms with Gasteiger partial charge in [0.25, 0.3) is 0 Å². The SMILES string of the molecule is CC(=O)c1nn(CC(=O)N2[C@H](C)[C@@H](CC(O)COCC(=O)c3nn(CC(=O)N4[C@H](C(=O)Nc5nc(Br)ccc5C(O)CO)C[C@@]5(C)C#C[C@@H]45)c4cnc(-c5cnc(C)nc5)cc34)C[C@H]2C(=O)Nc2nc(Br)ccc2C)c2cnc(-c3cnc(C)nc3)cc12. The zero-order valence-electron chi connectivity index (χ0n) is 48.3. The molecule has 2 unspecified atom stereocenters. The average Bonchev–Trinajstić information content (AvgIpc) is 1.66. The summed E-state index contributed by atoms with van der Waals surface area (Å²) in [6.07, 6.45) is 7.22. The highest BCUT2D eigenvalue weighted by atomic mass is 79.9. The van der Waals surface area contributed by atoms with Crippen LogP contribution in [0.2, 0.25) is 0 Å². The lowest BCUT2D eigenvalue weighted by molar-refractivity contribution is -0.139. The number of fused-ring (bicyclic) bond motifs is 3. The first-order valence-electron chi connectivity index (χ1n) is 28.0. The molecule has 3 aliphatic rings. The molecule has 5 N–H and O–H groups in total. The molecule has 452 valence electrons. The number of nitrogens with zero attached hydrogens (tertiary/aromatic N) is 14. The molecule has 88 heavy (non-hydrogen) atoms. The lowest BCUT2D eigenvalue weighted by Crippen LogP contribution is -2.50. The van der Waals surface area contributed by atoms with Crippen molar-refractivity contribution in [3.8, 4) is 34.4 Å². The van der Waals surface area contributed by atoms with Gasteiger partial charge in [-0.3, -0.25) is 48.1 Å². The standard InChI is InChI=1S/C60H58Br2N16O10/c1-29-7-9-50(61)69-56(29)71-58(86)43-14-34(30(2)77(43)52(84)24-75-45-22-67-41(35-18-63-32(4)64-19-35)15-39(45)54(73-75)31(3)80)13-37(81)27-88-28-48(83)55-40-16-42(36-20-65-33(5)66-21-36)68-23-46(40)76(74-55)25-53(85)78-44(17-60(6)12-11-49(60)78)59(87)72-57-38(47(82)26-79)8-10-51(62)70-57/h7-10,15-16,18-23,30,34,37,43-44,47,49,79,81-82H,13-14,17,24-28H2,1-6H3,(H,69,71,86)(H,70,72,87)/t30-,34+,37?,43+,44+,47?,49-,60-/m1/s1. The molecule has 28 heteroatoms. The van der Waals surface area contributed by atoms with Gasteiger partial charge in [0, 0.05) is 65.2 Å². The Hall–Kier alpha value is -8.72. The van der Waals surface area contributed by atoms with Crippen LogP contribution < -0.4 is 10.6 Å². The Morgan fingerprint density at radius 3 is 1.86 bits per heavy atom. The van der Waals surface area contributed by atoms with E-state index in [9.17, 15) is 44.1 Å². The number of rotatable bonds is 20. The van der Waals surface area contributed by atoms with Gasteiger partial charge in [0.2, 0.25) is 29.4 Å². The number of carbonyl (C=O) groups excluding carboxylic acids is 6. The van der Waals surface area contributed by atoms with E-state index in [-0.39, 0.29) is 66.8 Å². The van der Waals surface area contributed by atoms with E-state index in [4.69, 9.17) is 4.74 Å². The minimum absolute atomic E-state index is 0.00681. The fourth-order valence-electron chi connectivity index (χ4n) is 11.5. The number of Topliss-reactive ketones (excluding diaryl/α,β-unsaturated/α-hetero) is 2. The fraction of sp³-hybridized carbons (Fsp3) is 0.367. The second-order valence-electron chi connectivity index (χ2n) is 22.3. The summed E-state index contributed by atoms with van der Waals surface area (Å²) < 4.78 is 9.48. The van der Waals surface area contributed by atoms with Crippen LogP contribution in [0.15, 0.2) is 82.8 Å². The summed E-state index contributed by atoms with van der Waals surface area (Å²) in [5.74, 6) is 3.96. The van der Waals surface area contributed by atoms with Gasteiger partial charge in [0.05, 0.1) is 59.5 Å². The highest BCUT2D eigenvalue weighted by molar-refractivity contribution is 9.10. The third kappa shape index (κ3) is 12.2. The highest BCUT2D eigenvalue weighted by Crippen LogP contribution is 2.45. The number of aryl methyl sites for hydroxylation is 3. The molecule has 0 spiro atoms. The Balaban J connectivity index is 0.811. The predicted octanol–water partition coefficient (Wildman–Crippen LogP) is 5.08. The third-order valence-corrected chi connectivity index (χ3v) is 17.1. The van der Waals surface area contributed by atoms with Gasteiger partial charge in [0.15, 0.2) is 5.78 Å². The number of aliphatic hydroxyl groups is 3. The number of carbonyl (C=O) groups is 6. The van der Waals surface area contributed by atoms with E-state index in [1.165, 1.54) is 44.5 Å². The number of halogens is 2. The summed E-state index contributed by atoms with van der Waals surface area (Å²) in [4.78, 5) is 123. The molecule has 4 amide bonds. The monoisotopic (exact) mass is 1320 g/mol. The number of likely N-dealkylation sites (tertiary alicyclic amines) is 2. The van der Waals surface area contributed by atoms with Gasteiger partial charge in [-0.05, 0) is 128 Å². The van der Waals surface area contributed by atoms with E-state index in [1.54, 1.807) is 82.8 Å². The quantitative estimate of drug-likeness (QED) is 0.0377. The van der Waals surface area contributed by atoms with E-state index in [0.29, 0.717) is 70.7 Å². The van der Waals surface area contributed by atoms with Crippen LogP contribution in [0.25, 0.3) is 44.3 Å². The second kappa shape index (κ2) is 24.8. The first-order valence-corrected chi connectivity index (χ1v) is 29.6. The number of hydrogen-bond donors (Lipinski definition) is 5. The molecule has 1 aliphatic carbocycles. The van der Waals surface area contributed by atoms with Crippen LogP contribution in [-0.4, -0.2) is 170 Å². The molecule has 0 aromatic carbocycles. The van der Waals surface area contributed by atoms with Crippen molar-refractivity contribution in [2.24, 2.45) is 11.3 Å². The van der Waals surface area contributed by atoms with E-state index in [1.807, 2.05) is 6.92 Å². The van der Waals surface area contributed by atoms with Crippen LogP contribution in [0.3, 0.4) is 0 Å². The minimum atomic E-state index is -1.35. The van der Waals surface area contributed by atoms with Crippen molar-refractivity contribution in [2.75, 3.05) is 30.5 Å². The molecule has 0 radical (unpaired) electrons. The molecule has 26 nitrogen and oxygen atoms in total. The third-order valence-electron chi connectivity index (χ3n) is 16.2. The summed E-state index contributed by atoms with van der Waals surface area (Å²) in [6, 6.07) is 6.54. The lowest BCUT2D eigenvalue weighted by Gasteiger charge is -2.34. The van der Waals surface area contributed by atoms with Crippen molar-refractivity contribution in [3.05, 3.63) is 117 Å². The van der Waals surface area contributed by atoms with Crippen LogP contribution in [-0.2, 0) is 37.0 Å². The number of ketones is 2. The maximum Gasteiger partial charge on any atom is 0.248 e. The molecule has 8 aromatic heterocycles. The van der Waals surface area contributed by atoms with Crippen molar-refractivity contribution in [2.45, 2.75) is 110 Å². The molecular weight excluding hydrogens is 1260 g/mol. The van der Waals surface area contributed by atoms with Crippen molar-refractivity contribution < 1.29 is 48.8 Å². The Morgan fingerprint density at radius 2 is 1.28 bits per heavy atom. The van der Waals surface area contributed by atoms with Gasteiger partial charge in [-0.15, -0.1) is 0 Å². The first-order chi connectivity index (χ1) is 42.1. The molecule has 10 heterocycles. The minimum Gasteiger partial charge on any atom is -0.393 e. The maximum atomic E-state index is 14.7. The van der Waals surface area contributed by atoms with E-state index < -0.39 is 96.9 Å². The Kier molecular flexibility index (Phi) is 17.2. The Labute approximate surface area is 519 Å². The summed E-state index contributed by atoms with van der Waals surface area (Å²) in [5.41, 5.74) is 2.93. The summed E-state index contributed by atoms with van der Waals surface area (Å²) in [5, 5.41) is 47.5. The van der Waals surface area contributed by atoms with Gasteiger partial charge in [-0.1, -0.05) is 17.9 Å². The van der Waals surface area contributed by atoms with Crippen LogP contribution in [0.4, 0.5) is 11.6 Å². The number of aliphatic hydroxyl groups excluding tert-OH is 3. The molecule has 2 fully saturated rings. The molecule has 8 aromatic rings. The van der Waals surface area contributed by atoms with Crippen molar-refractivity contribution in [1.29, 1.82) is 0 Å². The normalized spacial score (nSPS) is 20.1. The lowest BCUT2D eigenvalue weighted by atomic mass is 9.76. The van der Waals surface area contributed by atoms with E-state index in [2.05, 4.69) is 104 Å². The van der Waals surface area contributed by atoms with Crippen LogP contribution >= 0.6 is 31.9 Å². The average molecular weight is 1320 g/mol. The van der Waals surface area contributed by atoms with Crippen molar-refractivity contribution in [1.82, 2.24) is 69.2 Å². The van der Waals surface area contributed by atoms with Gasteiger partial charge < -0.3 is 40.5 Å². The van der Waals surface area contributed by atoms with Gasteiger partial charge >= 0.3 is 0 Å². The summed E-state index contributed by atoms with van der Waals surface area (Å²) >= 11 is 6.66. The molecule has 11 rings (SSSR count). The van der Waals surface area contributed by atoms with E-state index in [0.717, 1.165) is 0 Å². The first kappa shape index (κ1) is 60.9. The number of aromatic nitrogens is 12. The van der Waals surface area contributed by atoms with Crippen molar-refractivity contribution in [3.63, 3.8) is 0 Å². The summed E-state index contributed by atoms with van der Waals surface area (Å²) in [7, 11) is 0. The smallest absolute Gasteiger partial charge is 0.248 e. The van der Waals surface area contributed by atoms with Gasteiger partial charge in [0.1, 0.15) is 87.8 Å². The van der Waals surface area contributed by atoms with Gasteiger partial charge in [-0.2, -0.15) is 10.2 Å². The zero-order chi connectivity index (χ0) is 62.5. The topological polar surface area (TPSA) is 342 Å². The fourth-order valence-corrected chi connectivity index (χ4v) is 12.1. The largest absolute Gasteiger partial charge is 0.393 e. The molecule has 2 aliphatic heterocycles. The van der Waals surface area contributed by atoms with Crippen LogP contribution in [0.5, 0.6) is 0 Å². The molecular formula is C60H58Br2N16O10. The predicted molar refractivity (Wildman–Crippen MR) is 323 cm³/mol. The molecule has 8 atom stereocenters. The van der Waals surface area contributed by atoms with Crippen molar-refractivity contribution >= 4 is 100 Å². The number of pyridine rings is 4. The molecule has 2 saturated heterocycles. The van der Waals surface area contributed by atoms with E-state index >= 15 is 0 Å². The van der Waals surface area contributed by atoms with Crippen LogP contribution in [0, 0.1) is 43.9 Å². The highest BCUT2D eigenvalue weighted by Gasteiger charge is 2.56. The Bertz CT molecular complexity index is 4190. The number of hydrogen-bond acceptors (Lipinski definition) is 20. The molecule has 0 saturated carbocycles. The Morgan fingerprint density at radius 1 is 0.739 bits per heavy atom. The number of anilines is 2. The summed E-state index contributed by atoms with van der Waals surface area (Å²) in [6.45, 7) is 7.95. The number of ether oxygens (including phenoxy) is 1. The number of nitrogens with one attached hydrogen (secondary N) is 2. The van der Waals surface area contributed by atoms with Crippen LogP contribution in [0.1, 0.15) is 89.9 Å².